The molecule has 0 saturated heterocycles. The Hall–Kier alpha value is -2.96. The number of benzene rings is 1. The number of methoxy groups -OCH3 is 1. The van der Waals surface area contributed by atoms with Crippen molar-refractivity contribution in [2.75, 3.05) is 13.7 Å². The molecule has 1 atom stereocenters. The zero-order valence-corrected chi connectivity index (χ0v) is 15.0. The van der Waals surface area contributed by atoms with Crippen molar-refractivity contribution in [1.29, 1.82) is 0 Å². The van der Waals surface area contributed by atoms with E-state index in [2.05, 4.69) is 15.4 Å². The fourth-order valence-electron chi connectivity index (χ4n) is 2.67. The average Bonchev–Trinajstić information content (AvgIpc) is 2.62. The number of nitrogens with one attached hydrogen (secondary N) is 2. The third kappa shape index (κ3) is 4.56. The zero-order valence-electron chi connectivity index (χ0n) is 15.0. The second-order valence-corrected chi connectivity index (χ2v) is 6.42. The summed E-state index contributed by atoms with van der Waals surface area (Å²) >= 11 is 0. The number of hydrogen-bond acceptors (Lipinski definition) is 6. The number of carbonyl (C=O) groups excluding carboxylic acids is 4. The SMILES string of the molecule is COC(=O)CNC(=O)[C@H](CC(C)C)NC1=CC(=O)c2ccccc2C1=O. The standard InChI is InChI=1S/C19H22N2O5/c1-11(2)8-15(19(25)20-10-17(23)26-3)21-14-9-16(22)12-6-4-5-7-13(12)18(14)24/h4-7,9,11,15,21H,8,10H2,1-3H3,(H,20,25)/t15-/m0/s1. The van der Waals surface area contributed by atoms with Gasteiger partial charge in [-0.1, -0.05) is 38.1 Å². The zero-order chi connectivity index (χ0) is 19.3. The first kappa shape index (κ1) is 19.4. The normalized spacial score (nSPS) is 14.4. The van der Waals surface area contributed by atoms with Crippen LogP contribution in [0.3, 0.4) is 0 Å². The highest BCUT2D eigenvalue weighted by Crippen LogP contribution is 2.20. The number of hydrogen-bond donors (Lipinski definition) is 2. The Morgan fingerprint density at radius 3 is 2.38 bits per heavy atom. The topological polar surface area (TPSA) is 102 Å². The molecule has 0 spiro atoms. The number of Topliss-reactive ketones (excluding diaryl/α,β-unsaturated/α-hetero) is 1. The molecule has 0 saturated carbocycles. The first-order valence-electron chi connectivity index (χ1n) is 8.34. The van der Waals surface area contributed by atoms with E-state index in [9.17, 15) is 19.2 Å². The van der Waals surface area contributed by atoms with Crippen LogP contribution in [0.25, 0.3) is 0 Å². The number of amides is 1. The van der Waals surface area contributed by atoms with E-state index >= 15 is 0 Å². The summed E-state index contributed by atoms with van der Waals surface area (Å²) in [7, 11) is 1.23. The lowest BCUT2D eigenvalue weighted by atomic mass is 9.92. The van der Waals surface area contributed by atoms with Gasteiger partial charge in [-0.15, -0.1) is 0 Å². The van der Waals surface area contributed by atoms with Gasteiger partial charge >= 0.3 is 5.97 Å². The average molecular weight is 358 g/mol. The predicted octanol–water partition coefficient (Wildman–Crippen LogP) is 1.24. The van der Waals surface area contributed by atoms with E-state index in [1.165, 1.54) is 13.2 Å². The number of carbonyl (C=O) groups is 4. The Morgan fingerprint density at radius 1 is 1.12 bits per heavy atom. The second-order valence-electron chi connectivity index (χ2n) is 6.42. The van der Waals surface area contributed by atoms with Gasteiger partial charge in [0.05, 0.1) is 12.8 Å². The van der Waals surface area contributed by atoms with Crippen LogP contribution in [0.15, 0.2) is 36.0 Å². The Labute approximate surface area is 151 Å². The number of rotatable bonds is 7. The van der Waals surface area contributed by atoms with Gasteiger partial charge in [-0.05, 0) is 12.3 Å². The summed E-state index contributed by atoms with van der Waals surface area (Å²) in [6.45, 7) is 3.60. The van der Waals surface area contributed by atoms with E-state index in [0.717, 1.165) is 0 Å². The number of ketones is 2. The summed E-state index contributed by atoms with van der Waals surface area (Å²) in [5.41, 5.74) is 0.729. The number of ether oxygens (including phenoxy) is 1. The van der Waals surface area contributed by atoms with Crippen LogP contribution in [-0.4, -0.2) is 43.1 Å². The van der Waals surface area contributed by atoms with Gasteiger partial charge < -0.3 is 15.4 Å². The predicted molar refractivity (Wildman–Crippen MR) is 94.6 cm³/mol. The van der Waals surface area contributed by atoms with Crippen molar-refractivity contribution in [1.82, 2.24) is 10.6 Å². The molecule has 2 N–H and O–H groups in total. The molecule has 0 fully saturated rings. The van der Waals surface area contributed by atoms with Crippen LogP contribution in [0.1, 0.15) is 41.0 Å². The summed E-state index contributed by atoms with van der Waals surface area (Å²) in [5.74, 6) is -1.49. The molecule has 0 unspecified atom stereocenters. The molecule has 2 rings (SSSR count). The van der Waals surface area contributed by atoms with Crippen LogP contribution in [0, 0.1) is 5.92 Å². The molecule has 1 aromatic carbocycles. The Kier molecular flexibility index (Phi) is 6.27. The van der Waals surface area contributed by atoms with Crippen LogP contribution >= 0.6 is 0 Å². The fraction of sp³-hybridized carbons (Fsp3) is 0.368. The van der Waals surface area contributed by atoms with Crippen molar-refractivity contribution in [2.24, 2.45) is 5.92 Å². The number of fused-ring (bicyclic) bond motifs is 1. The molecule has 1 aliphatic rings. The molecule has 26 heavy (non-hydrogen) atoms. The lowest BCUT2D eigenvalue weighted by Gasteiger charge is -2.24. The van der Waals surface area contributed by atoms with E-state index in [0.29, 0.717) is 17.5 Å². The smallest absolute Gasteiger partial charge is 0.325 e. The van der Waals surface area contributed by atoms with E-state index in [4.69, 9.17) is 0 Å². The largest absolute Gasteiger partial charge is 0.468 e. The fourth-order valence-corrected chi connectivity index (χ4v) is 2.67. The third-order valence-corrected chi connectivity index (χ3v) is 3.95. The lowest BCUT2D eigenvalue weighted by molar-refractivity contribution is -0.141. The molecule has 7 heteroatoms. The van der Waals surface area contributed by atoms with Crippen LogP contribution in [-0.2, 0) is 14.3 Å². The molecule has 0 aliphatic heterocycles. The van der Waals surface area contributed by atoms with Crippen molar-refractivity contribution >= 4 is 23.4 Å². The molecule has 0 radical (unpaired) electrons. The number of esters is 1. The van der Waals surface area contributed by atoms with Gasteiger partial charge in [0.1, 0.15) is 12.6 Å². The van der Waals surface area contributed by atoms with Gasteiger partial charge in [-0.2, -0.15) is 0 Å². The summed E-state index contributed by atoms with van der Waals surface area (Å²) in [6.07, 6.45) is 1.64. The summed E-state index contributed by atoms with van der Waals surface area (Å²) < 4.78 is 4.50. The van der Waals surface area contributed by atoms with Crippen molar-refractivity contribution < 1.29 is 23.9 Å². The van der Waals surface area contributed by atoms with Gasteiger partial charge in [0.25, 0.3) is 0 Å². The maximum absolute atomic E-state index is 12.6. The molecule has 0 heterocycles. The summed E-state index contributed by atoms with van der Waals surface area (Å²) in [4.78, 5) is 48.5. The molecule has 7 nitrogen and oxygen atoms in total. The molecule has 1 amide bonds. The molecule has 0 aromatic heterocycles. The minimum Gasteiger partial charge on any atom is -0.468 e. The molecule has 1 aliphatic carbocycles. The highest BCUT2D eigenvalue weighted by molar-refractivity contribution is 6.24. The van der Waals surface area contributed by atoms with Crippen LogP contribution in [0.2, 0.25) is 0 Å². The van der Waals surface area contributed by atoms with Crippen LogP contribution in [0.5, 0.6) is 0 Å². The molecule has 1 aromatic rings. The minimum absolute atomic E-state index is 0.0765. The maximum atomic E-state index is 12.6. The van der Waals surface area contributed by atoms with Crippen molar-refractivity contribution in [3.63, 3.8) is 0 Å². The first-order chi connectivity index (χ1) is 12.3. The van der Waals surface area contributed by atoms with Crippen molar-refractivity contribution in [3.05, 3.63) is 47.2 Å². The molecule has 0 bridgehead atoms. The monoisotopic (exact) mass is 358 g/mol. The van der Waals surface area contributed by atoms with E-state index in [1.807, 2.05) is 13.8 Å². The molecular formula is C19H22N2O5. The van der Waals surface area contributed by atoms with E-state index in [-0.39, 0.29) is 29.7 Å². The summed E-state index contributed by atoms with van der Waals surface area (Å²) in [5, 5.41) is 5.35. The van der Waals surface area contributed by atoms with Crippen LogP contribution < -0.4 is 10.6 Å². The van der Waals surface area contributed by atoms with E-state index in [1.54, 1.807) is 24.3 Å². The van der Waals surface area contributed by atoms with Gasteiger partial charge in [-0.3, -0.25) is 19.2 Å². The Morgan fingerprint density at radius 2 is 1.77 bits per heavy atom. The Bertz CT molecular complexity index is 767. The summed E-state index contributed by atoms with van der Waals surface area (Å²) in [6, 6.07) is 5.80. The lowest BCUT2D eigenvalue weighted by Crippen LogP contribution is -2.47. The maximum Gasteiger partial charge on any atom is 0.325 e. The minimum atomic E-state index is -0.757. The van der Waals surface area contributed by atoms with E-state index < -0.39 is 17.9 Å². The van der Waals surface area contributed by atoms with Crippen molar-refractivity contribution in [2.45, 2.75) is 26.3 Å². The first-order valence-corrected chi connectivity index (χ1v) is 8.34. The quantitative estimate of drug-likeness (QED) is 0.711. The van der Waals surface area contributed by atoms with Crippen molar-refractivity contribution in [3.8, 4) is 0 Å². The van der Waals surface area contributed by atoms with Gasteiger partial charge in [0, 0.05) is 17.2 Å². The Balaban J connectivity index is 2.18. The highest BCUT2D eigenvalue weighted by Gasteiger charge is 2.29. The highest BCUT2D eigenvalue weighted by atomic mass is 16.5. The van der Waals surface area contributed by atoms with Gasteiger partial charge in [-0.25, -0.2) is 0 Å². The molecule has 138 valence electrons. The molecular weight excluding hydrogens is 336 g/mol. The number of allylic oxidation sites excluding steroid dienone is 2. The third-order valence-electron chi connectivity index (χ3n) is 3.95. The van der Waals surface area contributed by atoms with Gasteiger partial charge in [0.2, 0.25) is 11.7 Å². The van der Waals surface area contributed by atoms with Crippen LogP contribution in [0.4, 0.5) is 0 Å². The second kappa shape index (κ2) is 8.42. The van der Waals surface area contributed by atoms with Gasteiger partial charge in [0.15, 0.2) is 5.78 Å².